The fourth-order valence-corrected chi connectivity index (χ4v) is 5.88. The second-order valence-corrected chi connectivity index (χ2v) is 10.4. The van der Waals surface area contributed by atoms with Crippen LogP contribution in [0.4, 0.5) is 10.8 Å². The molecule has 10 heteroatoms. The van der Waals surface area contributed by atoms with Gasteiger partial charge < -0.3 is 4.74 Å². The summed E-state index contributed by atoms with van der Waals surface area (Å²) in [5.41, 5.74) is 2.75. The Labute approximate surface area is 218 Å². The molecule has 188 valence electrons. The third-order valence-corrected chi connectivity index (χ3v) is 8.08. The fourth-order valence-electron chi connectivity index (χ4n) is 4.54. The van der Waals surface area contributed by atoms with E-state index in [1.807, 2.05) is 19.1 Å². The van der Waals surface area contributed by atoms with Gasteiger partial charge in [-0.15, -0.1) is 0 Å². The Hall–Kier alpha value is -2.85. The number of ether oxygens (including phenoxy) is 1. The molecule has 3 aromatic rings. The highest BCUT2D eigenvalue weighted by molar-refractivity contribution is 7.23. The highest BCUT2D eigenvalue weighted by Gasteiger charge is 2.30. The maximum Gasteiger partial charge on any atom is 0.260 e. The van der Waals surface area contributed by atoms with Gasteiger partial charge in [0.2, 0.25) is 11.8 Å². The number of thiazole rings is 1. The molecule has 2 fully saturated rings. The van der Waals surface area contributed by atoms with Crippen LogP contribution in [-0.4, -0.2) is 67.0 Å². The zero-order valence-electron chi connectivity index (χ0n) is 20.0. The standard InChI is InChI=1S/C26H27ClN4O4S/c1-17-3-8-20(27)24-23(17)28-26(36-24)30(12-2-11-29-13-15-35-16-14-29)25(34)18-4-6-19(7-5-18)31-21(32)9-10-22(31)33/h3-8H,2,9-16H2,1H3. The number of aryl methyl sites for hydroxylation is 1. The van der Waals surface area contributed by atoms with Crippen LogP contribution in [-0.2, 0) is 14.3 Å². The van der Waals surface area contributed by atoms with E-state index in [0.717, 1.165) is 55.0 Å². The molecule has 0 saturated carbocycles. The highest BCUT2D eigenvalue weighted by atomic mass is 35.5. The van der Waals surface area contributed by atoms with Gasteiger partial charge in [-0.05, 0) is 49.2 Å². The van der Waals surface area contributed by atoms with Crippen LogP contribution in [0.25, 0.3) is 10.2 Å². The molecular formula is C26H27ClN4O4S. The molecule has 3 amide bonds. The second kappa shape index (κ2) is 10.6. The van der Waals surface area contributed by atoms with Gasteiger partial charge in [-0.25, -0.2) is 4.98 Å². The van der Waals surface area contributed by atoms with Gasteiger partial charge in [0.05, 0.1) is 34.1 Å². The number of carbonyl (C=O) groups excluding carboxylic acids is 3. The zero-order valence-corrected chi connectivity index (χ0v) is 21.6. The molecule has 2 aliphatic rings. The minimum absolute atomic E-state index is 0.185. The Bertz CT molecular complexity index is 1250. The Morgan fingerprint density at radius 1 is 1.08 bits per heavy atom. The summed E-state index contributed by atoms with van der Waals surface area (Å²) in [5, 5.41) is 1.21. The second-order valence-electron chi connectivity index (χ2n) is 8.97. The van der Waals surface area contributed by atoms with E-state index in [4.69, 9.17) is 21.3 Å². The molecule has 5 rings (SSSR count). The van der Waals surface area contributed by atoms with Gasteiger partial charge in [0.1, 0.15) is 0 Å². The number of anilines is 2. The minimum Gasteiger partial charge on any atom is -0.379 e. The lowest BCUT2D eigenvalue weighted by molar-refractivity contribution is -0.121. The van der Waals surface area contributed by atoms with E-state index in [-0.39, 0.29) is 30.6 Å². The number of hydrogen-bond acceptors (Lipinski definition) is 7. The molecule has 36 heavy (non-hydrogen) atoms. The van der Waals surface area contributed by atoms with Gasteiger partial charge in [-0.2, -0.15) is 0 Å². The number of imide groups is 1. The molecule has 2 saturated heterocycles. The summed E-state index contributed by atoms with van der Waals surface area (Å²) in [6.45, 7) is 6.57. The number of morpholine rings is 1. The summed E-state index contributed by atoms with van der Waals surface area (Å²) >= 11 is 7.85. The molecule has 8 nitrogen and oxygen atoms in total. The van der Waals surface area contributed by atoms with E-state index < -0.39 is 0 Å². The van der Waals surface area contributed by atoms with E-state index in [9.17, 15) is 14.4 Å². The summed E-state index contributed by atoms with van der Waals surface area (Å²) in [5.74, 6) is -0.619. The summed E-state index contributed by atoms with van der Waals surface area (Å²) in [6.07, 6.45) is 1.22. The number of amides is 3. The van der Waals surface area contributed by atoms with Crippen LogP contribution in [0.3, 0.4) is 0 Å². The molecule has 0 radical (unpaired) electrons. The van der Waals surface area contributed by atoms with Crippen LogP contribution in [0.2, 0.25) is 5.02 Å². The topological polar surface area (TPSA) is 83.0 Å². The van der Waals surface area contributed by atoms with E-state index >= 15 is 0 Å². The van der Waals surface area contributed by atoms with Gasteiger partial charge in [-0.3, -0.25) is 29.1 Å². The quantitative estimate of drug-likeness (QED) is 0.427. The van der Waals surface area contributed by atoms with E-state index in [1.54, 1.807) is 29.2 Å². The Morgan fingerprint density at radius 2 is 1.78 bits per heavy atom. The molecular weight excluding hydrogens is 500 g/mol. The maximum atomic E-state index is 13.7. The average molecular weight is 527 g/mol. The maximum absolute atomic E-state index is 13.7. The molecule has 0 atom stereocenters. The molecule has 0 bridgehead atoms. The Balaban J connectivity index is 1.41. The van der Waals surface area contributed by atoms with Gasteiger partial charge in [0, 0.05) is 44.6 Å². The Kier molecular flexibility index (Phi) is 7.34. The Morgan fingerprint density at radius 3 is 2.44 bits per heavy atom. The number of hydrogen-bond donors (Lipinski definition) is 0. The largest absolute Gasteiger partial charge is 0.379 e. The molecule has 2 aromatic carbocycles. The predicted octanol–water partition coefficient (Wildman–Crippen LogP) is 4.28. The fraction of sp³-hybridized carbons (Fsp3) is 0.385. The lowest BCUT2D eigenvalue weighted by atomic mass is 10.1. The lowest BCUT2D eigenvalue weighted by Gasteiger charge is -2.27. The molecule has 3 heterocycles. The zero-order chi connectivity index (χ0) is 25.2. The van der Waals surface area contributed by atoms with Crippen molar-refractivity contribution in [3.8, 4) is 0 Å². The third kappa shape index (κ3) is 5.01. The van der Waals surface area contributed by atoms with Crippen molar-refractivity contribution in [2.45, 2.75) is 26.2 Å². The van der Waals surface area contributed by atoms with Crippen LogP contribution in [0, 0.1) is 6.92 Å². The third-order valence-electron chi connectivity index (χ3n) is 6.55. The van der Waals surface area contributed by atoms with Crippen molar-refractivity contribution in [2.24, 2.45) is 0 Å². The van der Waals surface area contributed by atoms with Crippen LogP contribution >= 0.6 is 22.9 Å². The van der Waals surface area contributed by atoms with Crippen molar-refractivity contribution in [1.82, 2.24) is 9.88 Å². The number of nitrogens with zero attached hydrogens (tertiary/aromatic N) is 4. The number of halogens is 1. The number of benzene rings is 2. The van der Waals surface area contributed by atoms with Gasteiger partial charge in [-0.1, -0.05) is 29.0 Å². The monoisotopic (exact) mass is 526 g/mol. The number of aromatic nitrogens is 1. The van der Waals surface area contributed by atoms with Gasteiger partial charge in [0.15, 0.2) is 5.13 Å². The van der Waals surface area contributed by atoms with Crippen molar-refractivity contribution in [3.05, 3.63) is 52.5 Å². The summed E-state index contributed by atoms with van der Waals surface area (Å²) in [7, 11) is 0. The average Bonchev–Trinajstić information content (AvgIpc) is 3.49. The van der Waals surface area contributed by atoms with Gasteiger partial charge >= 0.3 is 0 Å². The van der Waals surface area contributed by atoms with Crippen molar-refractivity contribution in [2.75, 3.05) is 49.2 Å². The summed E-state index contributed by atoms with van der Waals surface area (Å²) < 4.78 is 6.30. The first-order valence-electron chi connectivity index (χ1n) is 12.1. The first kappa shape index (κ1) is 24.8. The summed E-state index contributed by atoms with van der Waals surface area (Å²) in [6, 6.07) is 10.4. The van der Waals surface area contributed by atoms with E-state index in [2.05, 4.69) is 4.90 Å². The van der Waals surface area contributed by atoms with Crippen LogP contribution in [0.1, 0.15) is 35.2 Å². The minimum atomic E-state index is -0.217. The SMILES string of the molecule is Cc1ccc(Cl)c2sc(N(CCCN3CCOCC3)C(=O)c3ccc(N4C(=O)CCC4=O)cc3)nc12. The molecule has 2 aliphatic heterocycles. The van der Waals surface area contributed by atoms with Gasteiger partial charge in [0.25, 0.3) is 5.91 Å². The first-order chi connectivity index (χ1) is 17.4. The van der Waals surface area contributed by atoms with Crippen molar-refractivity contribution < 1.29 is 19.1 Å². The van der Waals surface area contributed by atoms with E-state index in [1.165, 1.54) is 16.2 Å². The molecule has 1 aromatic heterocycles. The first-order valence-corrected chi connectivity index (χ1v) is 13.3. The lowest BCUT2D eigenvalue weighted by Crippen LogP contribution is -2.39. The molecule has 0 unspecified atom stereocenters. The number of rotatable bonds is 7. The van der Waals surface area contributed by atoms with Crippen LogP contribution in [0.5, 0.6) is 0 Å². The highest BCUT2D eigenvalue weighted by Crippen LogP contribution is 2.36. The summed E-state index contributed by atoms with van der Waals surface area (Å²) in [4.78, 5) is 47.9. The molecule has 0 aliphatic carbocycles. The number of fused-ring (bicyclic) bond motifs is 1. The van der Waals surface area contributed by atoms with E-state index in [0.29, 0.717) is 27.9 Å². The van der Waals surface area contributed by atoms with Crippen molar-refractivity contribution in [1.29, 1.82) is 0 Å². The van der Waals surface area contributed by atoms with Crippen LogP contribution in [0.15, 0.2) is 36.4 Å². The molecule has 0 N–H and O–H groups in total. The number of carbonyl (C=O) groups is 3. The van der Waals surface area contributed by atoms with Crippen LogP contribution < -0.4 is 9.80 Å². The predicted molar refractivity (Wildman–Crippen MR) is 141 cm³/mol. The normalized spacial score (nSPS) is 16.8. The molecule has 0 spiro atoms. The van der Waals surface area contributed by atoms with Crippen molar-refractivity contribution in [3.63, 3.8) is 0 Å². The van der Waals surface area contributed by atoms with Crippen molar-refractivity contribution >= 4 is 61.7 Å². The smallest absolute Gasteiger partial charge is 0.260 e.